The van der Waals surface area contributed by atoms with Crippen LogP contribution in [0.1, 0.15) is 21.7 Å². The molecule has 4 rings (SSSR count). The van der Waals surface area contributed by atoms with Crippen LogP contribution in [0.4, 0.5) is 11.4 Å². The molecule has 0 saturated carbocycles. The van der Waals surface area contributed by atoms with Crippen LogP contribution < -0.4 is 15.0 Å². The predicted octanol–water partition coefficient (Wildman–Crippen LogP) is 3.81. The predicted molar refractivity (Wildman–Crippen MR) is 106 cm³/mol. The number of anilines is 2. The molecule has 1 aromatic heterocycles. The lowest BCUT2D eigenvalue weighted by Crippen LogP contribution is -2.28. The quantitative estimate of drug-likeness (QED) is 0.735. The number of nitrogens with one attached hydrogen (secondary N) is 1. The van der Waals surface area contributed by atoms with Gasteiger partial charge in [0, 0.05) is 17.9 Å². The number of amides is 2. The van der Waals surface area contributed by atoms with Crippen LogP contribution in [0.25, 0.3) is 0 Å². The summed E-state index contributed by atoms with van der Waals surface area (Å²) in [6.07, 6.45) is 2.25. The van der Waals surface area contributed by atoms with E-state index in [0.29, 0.717) is 23.7 Å². The van der Waals surface area contributed by atoms with Crippen molar-refractivity contribution in [3.8, 4) is 5.75 Å². The van der Waals surface area contributed by atoms with Crippen molar-refractivity contribution in [2.24, 2.45) is 0 Å². The van der Waals surface area contributed by atoms with Gasteiger partial charge in [0.05, 0.1) is 6.26 Å². The van der Waals surface area contributed by atoms with Gasteiger partial charge in [-0.15, -0.1) is 0 Å². The summed E-state index contributed by atoms with van der Waals surface area (Å²) in [5.41, 5.74) is 3.45. The molecular weight excluding hydrogens is 356 g/mol. The number of ether oxygens (including phenoxy) is 1. The average molecular weight is 376 g/mol. The Morgan fingerprint density at radius 2 is 2.00 bits per heavy atom. The van der Waals surface area contributed by atoms with E-state index in [1.807, 2.05) is 49.4 Å². The minimum Gasteiger partial charge on any atom is -0.483 e. The second-order valence-electron chi connectivity index (χ2n) is 6.63. The molecule has 0 bridgehead atoms. The Balaban J connectivity index is 1.44. The molecule has 0 spiro atoms. The van der Waals surface area contributed by atoms with E-state index in [1.165, 1.54) is 6.26 Å². The van der Waals surface area contributed by atoms with E-state index in [2.05, 4.69) is 5.32 Å². The smallest absolute Gasteiger partial charge is 0.293 e. The van der Waals surface area contributed by atoms with E-state index in [1.54, 1.807) is 17.0 Å². The lowest BCUT2D eigenvalue weighted by molar-refractivity contribution is -0.118. The fourth-order valence-electron chi connectivity index (χ4n) is 3.26. The van der Waals surface area contributed by atoms with Crippen LogP contribution in [-0.2, 0) is 11.2 Å². The maximum atomic E-state index is 12.6. The zero-order valence-electron chi connectivity index (χ0n) is 15.5. The Kier molecular flexibility index (Phi) is 4.85. The summed E-state index contributed by atoms with van der Waals surface area (Å²) in [4.78, 5) is 26.6. The van der Waals surface area contributed by atoms with Crippen molar-refractivity contribution >= 4 is 23.2 Å². The summed E-state index contributed by atoms with van der Waals surface area (Å²) in [5, 5.41) is 2.83. The third kappa shape index (κ3) is 3.62. The summed E-state index contributed by atoms with van der Waals surface area (Å²) in [6, 6.07) is 16.5. The Morgan fingerprint density at radius 1 is 1.14 bits per heavy atom. The zero-order chi connectivity index (χ0) is 19.5. The highest BCUT2D eigenvalue weighted by molar-refractivity contribution is 6.06. The van der Waals surface area contributed by atoms with Crippen LogP contribution in [0.3, 0.4) is 0 Å². The van der Waals surface area contributed by atoms with Crippen LogP contribution in [0.15, 0.2) is 65.3 Å². The van der Waals surface area contributed by atoms with Gasteiger partial charge in [-0.3, -0.25) is 9.59 Å². The topological polar surface area (TPSA) is 71.8 Å². The highest BCUT2D eigenvalue weighted by Crippen LogP contribution is 2.32. The first-order valence-electron chi connectivity index (χ1n) is 9.08. The van der Waals surface area contributed by atoms with Gasteiger partial charge in [-0.2, -0.15) is 0 Å². The number of hydrogen-bond donors (Lipinski definition) is 1. The molecule has 0 fully saturated rings. The monoisotopic (exact) mass is 376 g/mol. The van der Waals surface area contributed by atoms with Crippen molar-refractivity contribution in [2.45, 2.75) is 13.3 Å². The molecular formula is C22H20N2O4. The first-order valence-corrected chi connectivity index (χ1v) is 9.08. The van der Waals surface area contributed by atoms with Gasteiger partial charge >= 0.3 is 0 Å². The number of furan rings is 1. The Labute approximate surface area is 162 Å². The van der Waals surface area contributed by atoms with E-state index < -0.39 is 0 Å². The third-order valence-electron chi connectivity index (χ3n) is 4.69. The molecule has 0 atom stereocenters. The van der Waals surface area contributed by atoms with Crippen LogP contribution in [0.2, 0.25) is 0 Å². The fourth-order valence-corrected chi connectivity index (χ4v) is 3.26. The second kappa shape index (κ2) is 7.60. The highest BCUT2D eigenvalue weighted by Gasteiger charge is 2.27. The Bertz CT molecular complexity index is 1010. The van der Waals surface area contributed by atoms with Gasteiger partial charge in [0.25, 0.3) is 11.8 Å². The van der Waals surface area contributed by atoms with Gasteiger partial charge in [-0.25, -0.2) is 0 Å². The van der Waals surface area contributed by atoms with E-state index in [4.69, 9.17) is 9.15 Å². The van der Waals surface area contributed by atoms with Crippen molar-refractivity contribution in [3.05, 3.63) is 77.7 Å². The molecule has 1 N–H and O–H groups in total. The maximum absolute atomic E-state index is 12.6. The number of aryl methyl sites for hydroxylation is 1. The van der Waals surface area contributed by atoms with Crippen molar-refractivity contribution in [1.82, 2.24) is 0 Å². The number of nitrogens with zero attached hydrogens (tertiary/aromatic N) is 1. The second-order valence-corrected chi connectivity index (χ2v) is 6.63. The van der Waals surface area contributed by atoms with Gasteiger partial charge < -0.3 is 19.4 Å². The SMILES string of the molecule is Cc1ccccc1OCC(=O)Nc1ccc2c(c1)N(C(=O)c1ccco1)CC2. The van der Waals surface area contributed by atoms with E-state index >= 15 is 0 Å². The zero-order valence-corrected chi connectivity index (χ0v) is 15.5. The molecule has 142 valence electrons. The summed E-state index contributed by atoms with van der Waals surface area (Å²) < 4.78 is 10.8. The minimum atomic E-state index is -0.259. The average Bonchev–Trinajstić information content (AvgIpc) is 3.37. The molecule has 28 heavy (non-hydrogen) atoms. The van der Waals surface area contributed by atoms with Crippen LogP contribution in [-0.4, -0.2) is 25.0 Å². The lowest BCUT2D eigenvalue weighted by Gasteiger charge is -2.17. The van der Waals surface area contributed by atoms with Gasteiger partial charge in [0.2, 0.25) is 0 Å². The Hall–Kier alpha value is -3.54. The highest BCUT2D eigenvalue weighted by atomic mass is 16.5. The molecule has 6 heteroatoms. The van der Waals surface area contributed by atoms with Gasteiger partial charge in [0.15, 0.2) is 12.4 Å². The Morgan fingerprint density at radius 3 is 2.79 bits per heavy atom. The molecule has 0 aliphatic carbocycles. The summed E-state index contributed by atoms with van der Waals surface area (Å²) in [7, 11) is 0. The molecule has 0 saturated heterocycles. The third-order valence-corrected chi connectivity index (χ3v) is 4.69. The number of fused-ring (bicyclic) bond motifs is 1. The van der Waals surface area contributed by atoms with Crippen LogP contribution >= 0.6 is 0 Å². The normalized spacial score (nSPS) is 12.5. The number of rotatable bonds is 5. The summed E-state index contributed by atoms with van der Waals surface area (Å²) in [6.45, 7) is 2.43. The molecule has 2 heterocycles. The number of benzene rings is 2. The number of carbonyl (C=O) groups excluding carboxylic acids is 2. The molecule has 2 amide bonds. The molecule has 1 aliphatic rings. The van der Waals surface area contributed by atoms with Crippen molar-refractivity contribution in [1.29, 1.82) is 0 Å². The number of carbonyl (C=O) groups is 2. The van der Waals surface area contributed by atoms with E-state index in [9.17, 15) is 9.59 Å². The first-order chi connectivity index (χ1) is 13.6. The van der Waals surface area contributed by atoms with Crippen molar-refractivity contribution < 1.29 is 18.7 Å². The van der Waals surface area contributed by atoms with Crippen molar-refractivity contribution in [2.75, 3.05) is 23.4 Å². The molecule has 1 aliphatic heterocycles. The van der Waals surface area contributed by atoms with Gasteiger partial charge in [-0.05, 0) is 54.8 Å². The molecule has 0 unspecified atom stereocenters. The van der Waals surface area contributed by atoms with Crippen LogP contribution in [0.5, 0.6) is 5.75 Å². The number of para-hydroxylation sites is 1. The largest absolute Gasteiger partial charge is 0.483 e. The minimum absolute atomic E-state index is 0.0863. The summed E-state index contributed by atoms with van der Waals surface area (Å²) in [5.74, 6) is 0.538. The van der Waals surface area contributed by atoms with Crippen LogP contribution in [0, 0.1) is 6.92 Å². The maximum Gasteiger partial charge on any atom is 0.293 e. The standard InChI is InChI=1S/C22H20N2O4/c1-15-5-2-3-6-19(15)28-14-21(25)23-17-9-8-16-10-11-24(18(16)13-17)22(26)20-7-4-12-27-20/h2-9,12-13H,10-11,14H2,1H3,(H,23,25). The van der Waals surface area contributed by atoms with Crippen molar-refractivity contribution in [3.63, 3.8) is 0 Å². The summed E-state index contributed by atoms with van der Waals surface area (Å²) >= 11 is 0. The van der Waals surface area contributed by atoms with E-state index in [0.717, 1.165) is 23.2 Å². The molecule has 0 radical (unpaired) electrons. The van der Waals surface area contributed by atoms with Gasteiger partial charge in [0.1, 0.15) is 5.75 Å². The lowest BCUT2D eigenvalue weighted by atomic mass is 10.1. The molecule has 6 nitrogen and oxygen atoms in total. The first kappa shape index (κ1) is 17.9. The molecule has 3 aromatic rings. The fraction of sp³-hybridized carbons (Fsp3) is 0.182. The molecule has 2 aromatic carbocycles. The van der Waals surface area contributed by atoms with Gasteiger partial charge in [-0.1, -0.05) is 24.3 Å². The van der Waals surface area contributed by atoms with E-state index in [-0.39, 0.29) is 18.4 Å². The number of hydrogen-bond acceptors (Lipinski definition) is 4.